The highest BCUT2D eigenvalue weighted by Crippen LogP contribution is 2.11. The van der Waals surface area contributed by atoms with Crippen LogP contribution in [-0.4, -0.2) is 53.6 Å². The molecule has 3 heteroatoms. The first kappa shape index (κ1) is 15.9. The number of likely N-dealkylation sites (N-methyl/N-ethyl adjacent to an activating group) is 1. The Balaban J connectivity index is 4.34. The van der Waals surface area contributed by atoms with Crippen LogP contribution in [0.1, 0.15) is 46.5 Å². The predicted octanol–water partition coefficient (Wildman–Crippen LogP) is 1.77. The minimum atomic E-state index is -0.245. The van der Waals surface area contributed by atoms with Crippen molar-refractivity contribution in [3.05, 3.63) is 0 Å². The molecule has 0 saturated heterocycles. The molecule has 3 nitrogen and oxygen atoms in total. The molecule has 0 aliphatic heterocycles. The number of rotatable bonds is 9. The van der Waals surface area contributed by atoms with Gasteiger partial charge in [-0.15, -0.1) is 0 Å². The molecule has 2 atom stereocenters. The third-order valence-electron chi connectivity index (χ3n) is 3.30. The molecule has 0 aromatic carbocycles. The summed E-state index contributed by atoms with van der Waals surface area (Å²) >= 11 is 0. The van der Waals surface area contributed by atoms with Gasteiger partial charge in [-0.2, -0.15) is 0 Å². The van der Waals surface area contributed by atoms with E-state index in [0.717, 1.165) is 49.8 Å². The summed E-state index contributed by atoms with van der Waals surface area (Å²) in [6, 6.07) is 0. The van der Waals surface area contributed by atoms with Gasteiger partial charge in [0.1, 0.15) is 25.3 Å². The zero-order chi connectivity index (χ0) is 12.6. The van der Waals surface area contributed by atoms with Gasteiger partial charge in [-0.25, -0.2) is 0 Å². The van der Waals surface area contributed by atoms with E-state index in [4.69, 9.17) is 0 Å². The molecule has 2 N–H and O–H groups in total. The fourth-order valence-corrected chi connectivity index (χ4v) is 2.07. The van der Waals surface area contributed by atoms with E-state index in [0.29, 0.717) is 0 Å². The summed E-state index contributed by atoms with van der Waals surface area (Å²) in [5.41, 5.74) is 0. The van der Waals surface area contributed by atoms with Crippen LogP contribution in [-0.2, 0) is 0 Å². The number of aliphatic hydroxyl groups excluding tert-OH is 2. The van der Waals surface area contributed by atoms with Crippen LogP contribution in [0, 0.1) is 0 Å². The zero-order valence-corrected chi connectivity index (χ0v) is 11.4. The summed E-state index contributed by atoms with van der Waals surface area (Å²) in [5, 5.41) is 19.6. The monoisotopic (exact) mass is 232 g/mol. The van der Waals surface area contributed by atoms with Gasteiger partial charge in [0.2, 0.25) is 0 Å². The molecule has 16 heavy (non-hydrogen) atoms. The highest BCUT2D eigenvalue weighted by Gasteiger charge is 2.26. The molecule has 0 rings (SSSR count). The van der Waals surface area contributed by atoms with Gasteiger partial charge in [0.15, 0.2) is 0 Å². The van der Waals surface area contributed by atoms with Gasteiger partial charge in [0.05, 0.1) is 13.6 Å². The predicted molar refractivity (Wildman–Crippen MR) is 68.3 cm³/mol. The molecule has 0 amide bonds. The molecule has 0 bridgehead atoms. The summed E-state index contributed by atoms with van der Waals surface area (Å²) in [7, 11) is 2.15. The van der Waals surface area contributed by atoms with Crippen LogP contribution >= 0.6 is 0 Å². The Kier molecular flexibility index (Phi) is 7.98. The summed E-state index contributed by atoms with van der Waals surface area (Å²) in [6.07, 6.45) is 3.42. The van der Waals surface area contributed by atoms with Crippen LogP contribution in [0.4, 0.5) is 0 Å². The van der Waals surface area contributed by atoms with E-state index in [1.54, 1.807) is 0 Å². The standard InChI is InChI=1S/C13H30NO2/c1-5-8-9-14(4,10-12(15)6-2)11-13(16)7-3/h12-13,15-16H,5-11H2,1-4H3/q+1. The summed E-state index contributed by atoms with van der Waals surface area (Å²) in [6.45, 7) is 8.75. The maximum Gasteiger partial charge on any atom is 0.105 e. The molecule has 0 aliphatic rings. The second-order valence-corrected chi connectivity index (χ2v) is 5.19. The molecule has 0 aromatic heterocycles. The Hall–Kier alpha value is -0.120. The maximum absolute atomic E-state index is 9.78. The third-order valence-corrected chi connectivity index (χ3v) is 3.30. The second-order valence-electron chi connectivity index (χ2n) is 5.19. The van der Waals surface area contributed by atoms with Crippen LogP contribution in [0.5, 0.6) is 0 Å². The lowest BCUT2D eigenvalue weighted by atomic mass is 10.1. The Bertz CT molecular complexity index is 161. The molecule has 0 aromatic rings. The third kappa shape index (κ3) is 6.46. The van der Waals surface area contributed by atoms with Gasteiger partial charge >= 0.3 is 0 Å². The highest BCUT2D eigenvalue weighted by atomic mass is 16.3. The van der Waals surface area contributed by atoms with E-state index >= 15 is 0 Å². The largest absolute Gasteiger partial charge is 0.387 e. The van der Waals surface area contributed by atoms with E-state index < -0.39 is 0 Å². The average Bonchev–Trinajstić information content (AvgIpc) is 2.25. The van der Waals surface area contributed by atoms with Crippen molar-refractivity contribution < 1.29 is 14.7 Å². The minimum Gasteiger partial charge on any atom is -0.387 e. The molecule has 2 unspecified atom stereocenters. The Labute approximate surface area is 101 Å². The zero-order valence-electron chi connectivity index (χ0n) is 11.4. The number of hydrogen-bond donors (Lipinski definition) is 2. The van der Waals surface area contributed by atoms with E-state index in [9.17, 15) is 10.2 Å². The summed E-state index contributed by atoms with van der Waals surface area (Å²) in [5.74, 6) is 0. The average molecular weight is 232 g/mol. The number of quaternary nitrogens is 1. The molecule has 98 valence electrons. The highest BCUT2D eigenvalue weighted by molar-refractivity contribution is 4.56. The van der Waals surface area contributed by atoms with Gasteiger partial charge in [-0.05, 0) is 19.3 Å². The number of unbranched alkanes of at least 4 members (excludes halogenated alkanes) is 1. The van der Waals surface area contributed by atoms with Gasteiger partial charge in [-0.1, -0.05) is 27.2 Å². The summed E-state index contributed by atoms with van der Waals surface area (Å²) in [4.78, 5) is 0. The maximum atomic E-state index is 9.78. The SMILES string of the molecule is CCCC[N+](C)(CC(O)CC)CC(O)CC. The smallest absolute Gasteiger partial charge is 0.105 e. The van der Waals surface area contributed by atoms with Crippen LogP contribution < -0.4 is 0 Å². The molecule has 0 spiro atoms. The fraction of sp³-hybridized carbons (Fsp3) is 1.00. The van der Waals surface area contributed by atoms with Crippen LogP contribution in [0.3, 0.4) is 0 Å². The molecule has 0 radical (unpaired) electrons. The number of aliphatic hydroxyl groups is 2. The van der Waals surface area contributed by atoms with Crippen molar-refractivity contribution in [2.24, 2.45) is 0 Å². The van der Waals surface area contributed by atoms with Crippen molar-refractivity contribution in [2.45, 2.75) is 58.7 Å². The Morgan fingerprint density at radius 1 is 0.938 bits per heavy atom. The molecule has 0 fully saturated rings. The van der Waals surface area contributed by atoms with E-state index in [1.807, 2.05) is 13.8 Å². The first-order valence-corrected chi connectivity index (χ1v) is 6.67. The van der Waals surface area contributed by atoms with Crippen LogP contribution in [0.25, 0.3) is 0 Å². The van der Waals surface area contributed by atoms with Gasteiger partial charge < -0.3 is 14.7 Å². The van der Waals surface area contributed by atoms with Gasteiger partial charge in [0, 0.05) is 0 Å². The quantitative estimate of drug-likeness (QED) is 0.595. The van der Waals surface area contributed by atoms with Gasteiger partial charge in [0.25, 0.3) is 0 Å². The van der Waals surface area contributed by atoms with Crippen LogP contribution in [0.2, 0.25) is 0 Å². The lowest BCUT2D eigenvalue weighted by Crippen LogP contribution is -2.53. The first-order valence-electron chi connectivity index (χ1n) is 6.67. The van der Waals surface area contributed by atoms with Crippen LogP contribution in [0.15, 0.2) is 0 Å². The lowest BCUT2D eigenvalue weighted by Gasteiger charge is -2.37. The summed E-state index contributed by atoms with van der Waals surface area (Å²) < 4.78 is 0.790. The molecular weight excluding hydrogens is 202 g/mol. The van der Waals surface area contributed by atoms with Gasteiger partial charge in [-0.3, -0.25) is 0 Å². The number of hydrogen-bond acceptors (Lipinski definition) is 2. The van der Waals surface area contributed by atoms with Crippen molar-refractivity contribution in [1.29, 1.82) is 0 Å². The van der Waals surface area contributed by atoms with Crippen molar-refractivity contribution in [1.82, 2.24) is 0 Å². The minimum absolute atomic E-state index is 0.245. The lowest BCUT2D eigenvalue weighted by molar-refractivity contribution is -0.915. The number of nitrogens with zero attached hydrogens (tertiary/aromatic N) is 1. The Morgan fingerprint density at radius 2 is 1.38 bits per heavy atom. The van der Waals surface area contributed by atoms with Crippen molar-refractivity contribution in [3.8, 4) is 0 Å². The van der Waals surface area contributed by atoms with E-state index in [2.05, 4.69) is 14.0 Å². The Morgan fingerprint density at radius 3 is 1.69 bits per heavy atom. The molecule has 0 saturated carbocycles. The van der Waals surface area contributed by atoms with Crippen molar-refractivity contribution in [3.63, 3.8) is 0 Å². The fourth-order valence-electron chi connectivity index (χ4n) is 2.07. The van der Waals surface area contributed by atoms with E-state index in [-0.39, 0.29) is 12.2 Å². The molecule has 0 heterocycles. The molecular formula is C13H30NO2+. The van der Waals surface area contributed by atoms with Crippen molar-refractivity contribution in [2.75, 3.05) is 26.7 Å². The normalized spacial score (nSPS) is 19.1. The van der Waals surface area contributed by atoms with Crippen molar-refractivity contribution >= 4 is 0 Å². The van der Waals surface area contributed by atoms with E-state index in [1.165, 1.54) is 0 Å². The topological polar surface area (TPSA) is 40.5 Å². The second kappa shape index (κ2) is 8.04. The first-order chi connectivity index (χ1) is 7.47. The molecule has 0 aliphatic carbocycles.